The Morgan fingerprint density at radius 3 is 2.57 bits per heavy atom. The average Bonchev–Trinajstić information content (AvgIpc) is 2.77. The molecule has 0 amide bonds. The summed E-state index contributed by atoms with van der Waals surface area (Å²) in [5, 5.41) is 16.6. The Kier molecular flexibility index (Phi) is 4.62. The quantitative estimate of drug-likeness (QED) is 0.856. The van der Waals surface area contributed by atoms with Gasteiger partial charge in [-0.1, -0.05) is 26.0 Å². The zero-order valence-corrected chi connectivity index (χ0v) is 12.6. The molecule has 0 aliphatic rings. The van der Waals surface area contributed by atoms with Gasteiger partial charge in [0, 0.05) is 13.1 Å². The van der Waals surface area contributed by atoms with Crippen LogP contribution in [-0.4, -0.2) is 20.9 Å². The van der Waals surface area contributed by atoms with Gasteiger partial charge >= 0.3 is 5.97 Å². The van der Waals surface area contributed by atoms with Crippen molar-refractivity contribution in [3.05, 3.63) is 47.3 Å². The van der Waals surface area contributed by atoms with Gasteiger partial charge in [0.1, 0.15) is 0 Å². The van der Waals surface area contributed by atoms with Gasteiger partial charge in [0.15, 0.2) is 0 Å². The molecular weight excluding hydrogens is 266 g/mol. The maximum Gasteiger partial charge on any atom is 0.335 e. The fraction of sp³-hybridized carbons (Fsp3) is 0.375. The van der Waals surface area contributed by atoms with Crippen LogP contribution in [0.1, 0.15) is 35.5 Å². The molecule has 1 aromatic heterocycles. The zero-order valence-electron chi connectivity index (χ0n) is 12.6. The minimum absolute atomic E-state index is 0.305. The van der Waals surface area contributed by atoms with Gasteiger partial charge in [-0.3, -0.25) is 4.68 Å². The minimum Gasteiger partial charge on any atom is -0.478 e. The van der Waals surface area contributed by atoms with E-state index in [0.29, 0.717) is 18.0 Å². The molecule has 1 aromatic carbocycles. The predicted octanol–water partition coefficient (Wildman–Crippen LogP) is 3.16. The summed E-state index contributed by atoms with van der Waals surface area (Å²) in [6.45, 7) is 7.93. The first kappa shape index (κ1) is 15.1. The van der Waals surface area contributed by atoms with E-state index < -0.39 is 5.97 Å². The minimum atomic E-state index is -0.902. The van der Waals surface area contributed by atoms with Gasteiger partial charge in [0.05, 0.1) is 23.1 Å². The number of nitrogens with one attached hydrogen (secondary N) is 1. The Morgan fingerprint density at radius 1 is 1.33 bits per heavy atom. The van der Waals surface area contributed by atoms with E-state index in [-0.39, 0.29) is 0 Å². The van der Waals surface area contributed by atoms with Gasteiger partial charge in [-0.05, 0) is 30.5 Å². The van der Waals surface area contributed by atoms with Crippen LogP contribution in [0.15, 0.2) is 30.5 Å². The summed E-state index contributed by atoms with van der Waals surface area (Å²) in [6.07, 6.45) is 1.84. The van der Waals surface area contributed by atoms with Crippen molar-refractivity contribution in [1.82, 2.24) is 9.78 Å². The predicted molar refractivity (Wildman–Crippen MR) is 82.5 cm³/mol. The smallest absolute Gasteiger partial charge is 0.335 e. The normalized spacial score (nSPS) is 10.9. The molecule has 5 heteroatoms. The summed E-state index contributed by atoms with van der Waals surface area (Å²) in [5.74, 6) is -0.347. The number of rotatable bonds is 6. The van der Waals surface area contributed by atoms with Crippen LogP contribution in [0, 0.1) is 12.8 Å². The molecule has 0 aliphatic carbocycles. The van der Waals surface area contributed by atoms with E-state index in [1.54, 1.807) is 12.1 Å². The van der Waals surface area contributed by atoms with Crippen molar-refractivity contribution in [2.75, 3.05) is 5.32 Å². The lowest BCUT2D eigenvalue weighted by molar-refractivity contribution is 0.0697. The molecule has 0 bridgehead atoms. The summed E-state index contributed by atoms with van der Waals surface area (Å²) in [4.78, 5) is 10.8. The van der Waals surface area contributed by atoms with Gasteiger partial charge in [-0.15, -0.1) is 0 Å². The summed E-state index contributed by atoms with van der Waals surface area (Å²) in [6, 6.07) is 6.89. The summed E-state index contributed by atoms with van der Waals surface area (Å²) in [7, 11) is 0. The number of nitrogens with zero attached hydrogens (tertiary/aromatic N) is 2. The highest BCUT2D eigenvalue weighted by molar-refractivity contribution is 5.87. The largest absolute Gasteiger partial charge is 0.478 e. The van der Waals surface area contributed by atoms with Crippen LogP contribution in [0.3, 0.4) is 0 Å². The molecule has 21 heavy (non-hydrogen) atoms. The lowest BCUT2D eigenvalue weighted by Crippen LogP contribution is -2.08. The lowest BCUT2D eigenvalue weighted by atomic mass is 10.1. The van der Waals surface area contributed by atoms with Crippen LogP contribution in [0.2, 0.25) is 0 Å². The van der Waals surface area contributed by atoms with Crippen molar-refractivity contribution < 1.29 is 9.90 Å². The van der Waals surface area contributed by atoms with Crippen molar-refractivity contribution >= 4 is 11.7 Å². The van der Waals surface area contributed by atoms with E-state index in [0.717, 1.165) is 23.5 Å². The Balaban J connectivity index is 1.99. The number of hydrogen-bond acceptors (Lipinski definition) is 3. The molecule has 0 radical (unpaired) electrons. The monoisotopic (exact) mass is 287 g/mol. The summed E-state index contributed by atoms with van der Waals surface area (Å²) >= 11 is 0. The molecule has 2 aromatic rings. The van der Waals surface area contributed by atoms with Crippen molar-refractivity contribution in [2.24, 2.45) is 5.92 Å². The van der Waals surface area contributed by atoms with Crippen molar-refractivity contribution in [2.45, 2.75) is 33.9 Å². The molecule has 112 valence electrons. The van der Waals surface area contributed by atoms with Crippen LogP contribution >= 0.6 is 0 Å². The third-order valence-corrected chi connectivity index (χ3v) is 3.33. The van der Waals surface area contributed by atoms with Crippen molar-refractivity contribution in [1.29, 1.82) is 0 Å². The van der Waals surface area contributed by atoms with E-state index in [2.05, 4.69) is 24.3 Å². The van der Waals surface area contributed by atoms with Crippen molar-refractivity contribution in [3.63, 3.8) is 0 Å². The maximum absolute atomic E-state index is 10.8. The average molecular weight is 287 g/mol. The number of carbonyl (C=O) groups is 1. The Bertz CT molecular complexity index is 615. The third kappa shape index (κ3) is 3.84. The number of carboxylic acids is 1. The molecule has 0 saturated heterocycles. The molecule has 0 atom stereocenters. The summed E-state index contributed by atoms with van der Waals surface area (Å²) in [5.41, 5.74) is 3.47. The highest BCUT2D eigenvalue weighted by Gasteiger charge is 2.07. The number of carboxylic acid groups (broad SMARTS) is 1. The molecule has 1 heterocycles. The van der Waals surface area contributed by atoms with E-state index in [9.17, 15) is 4.79 Å². The molecule has 2 N–H and O–H groups in total. The van der Waals surface area contributed by atoms with Gasteiger partial charge in [0.25, 0.3) is 0 Å². The lowest BCUT2D eigenvalue weighted by Gasteiger charge is -2.09. The van der Waals surface area contributed by atoms with Gasteiger partial charge in [-0.25, -0.2) is 4.79 Å². The van der Waals surface area contributed by atoms with Crippen LogP contribution in [0.5, 0.6) is 0 Å². The Morgan fingerprint density at radius 2 is 2.00 bits per heavy atom. The fourth-order valence-electron chi connectivity index (χ4n) is 2.11. The van der Waals surface area contributed by atoms with Crippen LogP contribution in [-0.2, 0) is 13.1 Å². The molecule has 0 unspecified atom stereocenters. The molecule has 5 nitrogen and oxygen atoms in total. The first-order valence-corrected chi connectivity index (χ1v) is 7.06. The Labute approximate surface area is 124 Å². The second kappa shape index (κ2) is 6.43. The standard InChI is InChI=1S/C16H21N3O2/c1-11(2)10-19-12(3)15(9-18-19)17-8-13-4-6-14(7-5-13)16(20)21/h4-7,9,11,17H,8,10H2,1-3H3,(H,20,21). The molecule has 0 aliphatic heterocycles. The van der Waals surface area contributed by atoms with E-state index in [1.165, 1.54) is 0 Å². The zero-order chi connectivity index (χ0) is 15.4. The third-order valence-electron chi connectivity index (χ3n) is 3.33. The Hall–Kier alpha value is -2.30. The highest BCUT2D eigenvalue weighted by Crippen LogP contribution is 2.16. The van der Waals surface area contributed by atoms with E-state index >= 15 is 0 Å². The number of aromatic carboxylic acids is 1. The number of hydrogen-bond donors (Lipinski definition) is 2. The van der Waals surface area contributed by atoms with Crippen LogP contribution < -0.4 is 5.32 Å². The maximum atomic E-state index is 10.8. The van der Waals surface area contributed by atoms with Crippen LogP contribution in [0.4, 0.5) is 5.69 Å². The number of benzene rings is 1. The van der Waals surface area contributed by atoms with E-state index in [1.807, 2.05) is 29.9 Å². The molecule has 0 saturated carbocycles. The topological polar surface area (TPSA) is 67.2 Å². The van der Waals surface area contributed by atoms with E-state index in [4.69, 9.17) is 5.11 Å². The van der Waals surface area contributed by atoms with Crippen LogP contribution in [0.25, 0.3) is 0 Å². The highest BCUT2D eigenvalue weighted by atomic mass is 16.4. The second-order valence-electron chi connectivity index (χ2n) is 5.58. The summed E-state index contributed by atoms with van der Waals surface area (Å²) < 4.78 is 2.00. The number of anilines is 1. The molecule has 0 fully saturated rings. The second-order valence-corrected chi connectivity index (χ2v) is 5.58. The first-order chi connectivity index (χ1) is 9.97. The van der Waals surface area contributed by atoms with Gasteiger partial charge in [-0.2, -0.15) is 5.10 Å². The molecule has 0 spiro atoms. The SMILES string of the molecule is Cc1c(NCc2ccc(C(=O)O)cc2)cnn1CC(C)C. The van der Waals surface area contributed by atoms with Crippen molar-refractivity contribution in [3.8, 4) is 0 Å². The fourth-order valence-corrected chi connectivity index (χ4v) is 2.11. The number of aromatic nitrogens is 2. The van der Waals surface area contributed by atoms with Gasteiger partial charge < -0.3 is 10.4 Å². The first-order valence-electron chi connectivity index (χ1n) is 7.06. The molecular formula is C16H21N3O2. The van der Waals surface area contributed by atoms with Gasteiger partial charge in [0.2, 0.25) is 0 Å². The molecule has 2 rings (SSSR count).